The zero-order valence-corrected chi connectivity index (χ0v) is 18.1. The van der Waals surface area contributed by atoms with Gasteiger partial charge in [-0.3, -0.25) is 14.5 Å². The Labute approximate surface area is 179 Å². The summed E-state index contributed by atoms with van der Waals surface area (Å²) in [6.45, 7) is 4.88. The molecule has 29 heavy (non-hydrogen) atoms. The first-order chi connectivity index (χ1) is 14.0. The Hall–Kier alpha value is -2.02. The minimum atomic E-state index is -0.409. The van der Waals surface area contributed by atoms with Gasteiger partial charge in [0.25, 0.3) is 0 Å². The van der Waals surface area contributed by atoms with Crippen molar-refractivity contribution >= 4 is 33.3 Å². The molecular formula is C23H25BrN2O3. The largest absolute Gasteiger partial charge is 0.379 e. The molecule has 1 amide bonds. The molecule has 1 aliphatic carbocycles. The van der Waals surface area contributed by atoms with Crippen molar-refractivity contribution in [2.24, 2.45) is 0 Å². The van der Waals surface area contributed by atoms with E-state index < -0.39 is 5.54 Å². The number of hydrogen-bond donors (Lipinski definition) is 1. The van der Waals surface area contributed by atoms with Crippen LogP contribution in [0, 0.1) is 6.92 Å². The van der Waals surface area contributed by atoms with Crippen molar-refractivity contribution in [3.63, 3.8) is 0 Å². The Morgan fingerprint density at radius 3 is 2.45 bits per heavy atom. The molecule has 6 heteroatoms. The number of carbonyl (C=O) groups is 2. The number of hydrogen-bond acceptors (Lipinski definition) is 4. The van der Waals surface area contributed by atoms with Crippen molar-refractivity contribution in [2.75, 3.05) is 31.6 Å². The molecule has 2 aromatic rings. The fraction of sp³-hybridized carbons (Fsp3) is 0.391. The van der Waals surface area contributed by atoms with Gasteiger partial charge in [-0.05, 0) is 49.1 Å². The van der Waals surface area contributed by atoms with E-state index in [9.17, 15) is 9.59 Å². The molecule has 0 aromatic heterocycles. The smallest absolute Gasteiger partial charge is 0.244 e. The predicted octanol–water partition coefficient (Wildman–Crippen LogP) is 3.99. The molecule has 5 nitrogen and oxygen atoms in total. The van der Waals surface area contributed by atoms with Crippen LogP contribution in [0.2, 0.25) is 0 Å². The molecular weight excluding hydrogens is 432 g/mol. The summed E-state index contributed by atoms with van der Waals surface area (Å²) < 4.78 is 6.41. The molecule has 4 rings (SSSR count). The van der Waals surface area contributed by atoms with Crippen molar-refractivity contribution in [3.05, 3.63) is 63.6 Å². The highest BCUT2D eigenvalue weighted by Gasteiger charge is 2.54. The molecule has 1 heterocycles. The number of ketones is 1. The summed E-state index contributed by atoms with van der Waals surface area (Å²) >= 11 is 3.41. The van der Waals surface area contributed by atoms with Gasteiger partial charge in [0.1, 0.15) is 5.54 Å². The molecule has 0 radical (unpaired) electrons. The summed E-state index contributed by atoms with van der Waals surface area (Å²) in [6, 6.07) is 13.3. The second-order valence-electron chi connectivity index (χ2n) is 7.84. The van der Waals surface area contributed by atoms with E-state index in [1.807, 2.05) is 49.4 Å². The highest BCUT2D eigenvalue weighted by atomic mass is 79.9. The number of nitrogens with zero attached hydrogens (tertiary/aromatic N) is 1. The van der Waals surface area contributed by atoms with Crippen LogP contribution in [0.15, 0.2) is 46.9 Å². The maximum atomic E-state index is 13.1. The van der Waals surface area contributed by atoms with E-state index in [0.717, 1.165) is 47.2 Å². The molecule has 2 fully saturated rings. The number of anilines is 1. The zero-order valence-electron chi connectivity index (χ0n) is 16.5. The lowest BCUT2D eigenvalue weighted by molar-refractivity contribution is -0.124. The molecule has 0 bridgehead atoms. The predicted molar refractivity (Wildman–Crippen MR) is 116 cm³/mol. The van der Waals surface area contributed by atoms with Gasteiger partial charge in [-0.25, -0.2) is 0 Å². The third-order valence-corrected chi connectivity index (χ3v) is 6.38. The van der Waals surface area contributed by atoms with Gasteiger partial charge in [0, 0.05) is 35.2 Å². The van der Waals surface area contributed by atoms with Crippen LogP contribution >= 0.6 is 15.9 Å². The zero-order chi connectivity index (χ0) is 20.4. The van der Waals surface area contributed by atoms with Gasteiger partial charge in [0.05, 0.1) is 13.2 Å². The molecule has 2 aromatic carbocycles. The van der Waals surface area contributed by atoms with Crippen LogP contribution < -0.4 is 5.32 Å². The maximum Gasteiger partial charge on any atom is 0.244 e. The average Bonchev–Trinajstić information content (AvgIpc) is 3.54. The molecule has 0 atom stereocenters. The van der Waals surface area contributed by atoms with E-state index in [0.29, 0.717) is 25.2 Å². The monoisotopic (exact) mass is 456 g/mol. The number of carbonyl (C=O) groups excluding carboxylic acids is 2. The Kier molecular flexibility index (Phi) is 5.86. The fourth-order valence-corrected chi connectivity index (χ4v) is 4.12. The average molecular weight is 457 g/mol. The number of benzene rings is 2. The van der Waals surface area contributed by atoms with E-state index >= 15 is 0 Å². The topological polar surface area (TPSA) is 58.6 Å². The normalized spacial score (nSPS) is 18.3. The second-order valence-corrected chi connectivity index (χ2v) is 8.76. The van der Waals surface area contributed by atoms with Crippen LogP contribution in [0.4, 0.5) is 5.69 Å². The third-order valence-electron chi connectivity index (χ3n) is 5.85. The Morgan fingerprint density at radius 1 is 1.10 bits per heavy atom. The Bertz CT molecular complexity index is 916. The lowest BCUT2D eigenvalue weighted by atomic mass is 10.0. The van der Waals surface area contributed by atoms with Crippen LogP contribution in [0.3, 0.4) is 0 Å². The summed E-state index contributed by atoms with van der Waals surface area (Å²) in [6.07, 6.45) is 2.08. The minimum absolute atomic E-state index is 0.0278. The lowest BCUT2D eigenvalue weighted by Crippen LogP contribution is -2.51. The molecule has 1 N–H and O–H groups in total. The summed E-state index contributed by atoms with van der Waals surface area (Å²) in [5.74, 6) is 0.0668. The molecule has 1 saturated heterocycles. The van der Waals surface area contributed by atoms with Gasteiger partial charge < -0.3 is 10.1 Å². The molecule has 0 unspecified atom stereocenters. The second kappa shape index (κ2) is 8.38. The van der Waals surface area contributed by atoms with Crippen LogP contribution in [-0.4, -0.2) is 48.4 Å². The summed E-state index contributed by atoms with van der Waals surface area (Å²) in [5, 5.41) is 3.10. The third kappa shape index (κ3) is 4.44. The van der Waals surface area contributed by atoms with E-state index in [4.69, 9.17) is 4.74 Å². The first kappa shape index (κ1) is 20.3. The van der Waals surface area contributed by atoms with E-state index in [1.165, 1.54) is 0 Å². The number of ether oxygens (including phenoxy) is 1. The van der Waals surface area contributed by atoms with Crippen LogP contribution in [0.25, 0.3) is 0 Å². The van der Waals surface area contributed by atoms with Gasteiger partial charge in [-0.15, -0.1) is 0 Å². The summed E-state index contributed by atoms with van der Waals surface area (Å²) in [4.78, 5) is 28.1. The van der Waals surface area contributed by atoms with Gasteiger partial charge in [0.15, 0.2) is 5.78 Å². The van der Waals surface area contributed by atoms with Gasteiger partial charge in [0.2, 0.25) is 5.91 Å². The Balaban J connectivity index is 1.47. The highest BCUT2D eigenvalue weighted by molar-refractivity contribution is 9.10. The van der Waals surface area contributed by atoms with E-state index in [2.05, 4.69) is 26.1 Å². The van der Waals surface area contributed by atoms with Crippen molar-refractivity contribution in [1.29, 1.82) is 0 Å². The Morgan fingerprint density at radius 2 is 1.79 bits per heavy atom. The molecule has 1 aliphatic heterocycles. The van der Waals surface area contributed by atoms with E-state index in [-0.39, 0.29) is 11.7 Å². The van der Waals surface area contributed by atoms with Crippen molar-refractivity contribution < 1.29 is 14.3 Å². The molecule has 152 valence electrons. The van der Waals surface area contributed by atoms with Crippen molar-refractivity contribution in [3.8, 4) is 0 Å². The van der Waals surface area contributed by atoms with Crippen molar-refractivity contribution in [2.45, 2.75) is 31.7 Å². The van der Waals surface area contributed by atoms with Crippen LogP contribution in [-0.2, 0) is 16.0 Å². The molecule has 1 saturated carbocycles. The molecule has 2 aliphatic rings. The number of rotatable bonds is 6. The number of amides is 1. The lowest BCUT2D eigenvalue weighted by Gasteiger charge is -2.34. The summed E-state index contributed by atoms with van der Waals surface area (Å²) in [7, 11) is 0. The fourth-order valence-electron chi connectivity index (χ4n) is 3.86. The van der Waals surface area contributed by atoms with Gasteiger partial charge in [-0.1, -0.05) is 40.2 Å². The first-order valence-corrected chi connectivity index (χ1v) is 10.8. The minimum Gasteiger partial charge on any atom is -0.379 e. The van der Waals surface area contributed by atoms with Gasteiger partial charge >= 0.3 is 0 Å². The van der Waals surface area contributed by atoms with E-state index in [1.54, 1.807) is 0 Å². The molecule has 0 spiro atoms. The highest BCUT2D eigenvalue weighted by Crippen LogP contribution is 2.43. The maximum absolute atomic E-state index is 13.1. The first-order valence-electron chi connectivity index (χ1n) is 10.0. The number of aryl methyl sites for hydroxylation is 1. The summed E-state index contributed by atoms with van der Waals surface area (Å²) in [5.41, 5.74) is 2.85. The number of morpholine rings is 1. The number of nitrogens with one attached hydrogen (secondary N) is 1. The standard InChI is InChI=1S/C23H25BrN2O3/c1-16-2-5-18(21(27)14-17-3-6-19(24)7-4-17)15-20(16)25-22(28)23(8-9-23)26-10-12-29-13-11-26/h2-7,15H,8-14H2,1H3,(H,25,28). The SMILES string of the molecule is Cc1ccc(C(=O)Cc2ccc(Br)cc2)cc1NC(=O)C1(N2CCOCC2)CC1. The van der Waals surface area contributed by atoms with Crippen molar-refractivity contribution in [1.82, 2.24) is 4.90 Å². The van der Waals surface area contributed by atoms with Crippen LogP contribution in [0.5, 0.6) is 0 Å². The van der Waals surface area contributed by atoms with Gasteiger partial charge in [-0.2, -0.15) is 0 Å². The van der Waals surface area contributed by atoms with Crippen LogP contribution in [0.1, 0.15) is 34.3 Å². The number of halogens is 1. The number of Topliss-reactive ketones (excluding diaryl/α,β-unsaturated/α-hetero) is 1. The quantitative estimate of drug-likeness (QED) is 0.667.